The molecule has 1 N–H and O–H groups in total. The maximum atomic E-state index is 10.7. The third kappa shape index (κ3) is 1.27. The van der Waals surface area contributed by atoms with Crippen LogP contribution in [0.4, 0.5) is 0 Å². The van der Waals surface area contributed by atoms with Crippen molar-refractivity contribution in [1.82, 2.24) is 0 Å². The lowest BCUT2D eigenvalue weighted by molar-refractivity contribution is -0.156. The molecule has 0 aromatic heterocycles. The molecule has 0 amide bonds. The summed E-state index contributed by atoms with van der Waals surface area (Å²) in [6, 6.07) is 12.5. The molecule has 2 nitrogen and oxygen atoms in total. The lowest BCUT2D eigenvalue weighted by Crippen LogP contribution is -2.40. The van der Waals surface area contributed by atoms with Gasteiger partial charge in [0.25, 0.3) is 0 Å². The van der Waals surface area contributed by atoms with Crippen molar-refractivity contribution in [3.63, 3.8) is 0 Å². The monoisotopic (exact) mass is 240 g/mol. The van der Waals surface area contributed by atoms with Gasteiger partial charge in [-0.25, -0.2) is 0 Å². The standard InChI is InChI=1S/C16H16O2/c17-16-10-4-3-7-13(16)15-12-6-2-1-5-11(12)8-9-14(15)18-16/h1-2,5-6,8-9,13,17H,3-4,7,10H2/t13-,16-/m1/s1. The Balaban J connectivity index is 1.99. The Kier molecular flexibility index (Phi) is 2.01. The van der Waals surface area contributed by atoms with E-state index in [1.54, 1.807) is 0 Å². The van der Waals surface area contributed by atoms with Crippen LogP contribution in [0.5, 0.6) is 5.75 Å². The molecule has 2 aromatic rings. The summed E-state index contributed by atoms with van der Waals surface area (Å²) in [6.07, 6.45) is 4.01. The maximum absolute atomic E-state index is 10.7. The number of benzene rings is 2. The maximum Gasteiger partial charge on any atom is 0.215 e. The van der Waals surface area contributed by atoms with Gasteiger partial charge < -0.3 is 9.84 Å². The van der Waals surface area contributed by atoms with E-state index in [-0.39, 0.29) is 5.92 Å². The molecular formula is C16H16O2. The van der Waals surface area contributed by atoms with Gasteiger partial charge in [-0.3, -0.25) is 0 Å². The zero-order valence-electron chi connectivity index (χ0n) is 10.2. The molecule has 92 valence electrons. The van der Waals surface area contributed by atoms with Crippen LogP contribution in [0.15, 0.2) is 36.4 Å². The SMILES string of the molecule is O[C@@]12CCCC[C@@H]1c1c(ccc3ccccc13)O2. The highest BCUT2D eigenvalue weighted by Gasteiger charge is 2.48. The van der Waals surface area contributed by atoms with E-state index >= 15 is 0 Å². The minimum atomic E-state index is -0.954. The van der Waals surface area contributed by atoms with Crippen molar-refractivity contribution in [2.24, 2.45) is 0 Å². The van der Waals surface area contributed by atoms with E-state index in [1.807, 2.05) is 6.07 Å². The number of hydrogen-bond acceptors (Lipinski definition) is 2. The van der Waals surface area contributed by atoms with Gasteiger partial charge in [0, 0.05) is 12.0 Å². The second-order valence-electron chi connectivity index (χ2n) is 5.44. The van der Waals surface area contributed by atoms with Crippen LogP contribution in [0.25, 0.3) is 10.8 Å². The number of ether oxygens (including phenoxy) is 1. The molecule has 1 fully saturated rings. The van der Waals surface area contributed by atoms with E-state index in [4.69, 9.17) is 4.74 Å². The van der Waals surface area contributed by atoms with Crippen molar-refractivity contribution >= 4 is 10.8 Å². The zero-order valence-corrected chi connectivity index (χ0v) is 10.2. The Morgan fingerprint density at radius 2 is 2.00 bits per heavy atom. The van der Waals surface area contributed by atoms with Crippen LogP contribution < -0.4 is 4.74 Å². The van der Waals surface area contributed by atoms with Gasteiger partial charge in [0.1, 0.15) is 5.75 Å². The van der Waals surface area contributed by atoms with Crippen molar-refractivity contribution < 1.29 is 9.84 Å². The summed E-state index contributed by atoms with van der Waals surface area (Å²) in [7, 11) is 0. The van der Waals surface area contributed by atoms with Gasteiger partial charge in [-0.05, 0) is 29.7 Å². The second-order valence-corrected chi connectivity index (χ2v) is 5.44. The highest BCUT2D eigenvalue weighted by atomic mass is 16.6. The number of fused-ring (bicyclic) bond motifs is 5. The molecule has 2 atom stereocenters. The fraction of sp³-hybridized carbons (Fsp3) is 0.375. The highest BCUT2D eigenvalue weighted by molar-refractivity contribution is 5.89. The lowest BCUT2D eigenvalue weighted by Gasteiger charge is -2.33. The van der Waals surface area contributed by atoms with Crippen LogP contribution in [-0.2, 0) is 0 Å². The molecule has 18 heavy (non-hydrogen) atoms. The van der Waals surface area contributed by atoms with Gasteiger partial charge in [-0.15, -0.1) is 0 Å². The fourth-order valence-electron chi connectivity index (χ4n) is 3.53. The Morgan fingerprint density at radius 1 is 1.11 bits per heavy atom. The average molecular weight is 240 g/mol. The first-order valence-electron chi connectivity index (χ1n) is 6.71. The van der Waals surface area contributed by atoms with Crippen LogP contribution in [0.3, 0.4) is 0 Å². The third-order valence-corrected chi connectivity index (χ3v) is 4.39. The molecule has 1 heterocycles. The van der Waals surface area contributed by atoms with Crippen LogP contribution >= 0.6 is 0 Å². The van der Waals surface area contributed by atoms with Crippen LogP contribution in [-0.4, -0.2) is 10.9 Å². The summed E-state index contributed by atoms with van der Waals surface area (Å²) in [4.78, 5) is 0. The normalized spacial score (nSPS) is 29.7. The molecule has 1 saturated carbocycles. The molecule has 0 radical (unpaired) electrons. The second kappa shape index (κ2) is 3.48. The van der Waals surface area contributed by atoms with Crippen LogP contribution in [0.1, 0.15) is 37.2 Å². The summed E-state index contributed by atoms with van der Waals surface area (Å²) < 4.78 is 5.86. The predicted octanol–water partition coefficient (Wildman–Crippen LogP) is 3.58. The predicted molar refractivity (Wildman–Crippen MR) is 70.7 cm³/mol. The van der Waals surface area contributed by atoms with Gasteiger partial charge in [0.15, 0.2) is 0 Å². The Morgan fingerprint density at radius 3 is 2.94 bits per heavy atom. The van der Waals surface area contributed by atoms with Gasteiger partial charge >= 0.3 is 0 Å². The zero-order chi connectivity index (χ0) is 12.2. The van der Waals surface area contributed by atoms with E-state index in [2.05, 4.69) is 30.3 Å². The molecule has 4 rings (SSSR count). The minimum absolute atomic E-state index is 0.146. The number of aliphatic hydroxyl groups is 1. The molecule has 1 aliphatic carbocycles. The first-order valence-corrected chi connectivity index (χ1v) is 6.71. The molecule has 0 spiro atoms. The van der Waals surface area contributed by atoms with Crippen molar-refractivity contribution in [2.75, 3.05) is 0 Å². The van der Waals surface area contributed by atoms with Crippen LogP contribution in [0, 0.1) is 0 Å². The van der Waals surface area contributed by atoms with Crippen molar-refractivity contribution in [3.8, 4) is 5.75 Å². The summed E-state index contributed by atoms with van der Waals surface area (Å²) >= 11 is 0. The quantitative estimate of drug-likeness (QED) is 0.762. The van der Waals surface area contributed by atoms with Gasteiger partial charge in [-0.1, -0.05) is 36.8 Å². The number of hydrogen-bond donors (Lipinski definition) is 1. The summed E-state index contributed by atoms with van der Waals surface area (Å²) in [5.74, 6) is 0.0699. The lowest BCUT2D eigenvalue weighted by atomic mass is 9.79. The smallest absolute Gasteiger partial charge is 0.215 e. The molecule has 1 aliphatic heterocycles. The third-order valence-electron chi connectivity index (χ3n) is 4.39. The van der Waals surface area contributed by atoms with Crippen molar-refractivity contribution in [3.05, 3.63) is 42.0 Å². The number of rotatable bonds is 0. The van der Waals surface area contributed by atoms with Gasteiger partial charge in [-0.2, -0.15) is 0 Å². The molecule has 0 unspecified atom stereocenters. The summed E-state index contributed by atoms with van der Waals surface area (Å²) in [5, 5.41) is 13.1. The van der Waals surface area contributed by atoms with Crippen molar-refractivity contribution in [1.29, 1.82) is 0 Å². The van der Waals surface area contributed by atoms with Gasteiger partial charge in [0.05, 0.1) is 5.92 Å². The van der Waals surface area contributed by atoms with Crippen molar-refractivity contribution in [2.45, 2.75) is 37.4 Å². The van der Waals surface area contributed by atoms with E-state index in [1.165, 1.54) is 22.8 Å². The summed E-state index contributed by atoms with van der Waals surface area (Å²) in [6.45, 7) is 0. The van der Waals surface area contributed by atoms with E-state index < -0.39 is 5.79 Å². The molecule has 0 saturated heterocycles. The van der Waals surface area contributed by atoms with Gasteiger partial charge in [0.2, 0.25) is 5.79 Å². The Bertz CT molecular complexity index is 620. The Labute approximate surface area is 106 Å². The molecule has 0 bridgehead atoms. The van der Waals surface area contributed by atoms with E-state index in [9.17, 15) is 5.11 Å². The average Bonchev–Trinajstić information content (AvgIpc) is 2.71. The van der Waals surface area contributed by atoms with E-state index in [0.29, 0.717) is 0 Å². The topological polar surface area (TPSA) is 29.5 Å². The minimum Gasteiger partial charge on any atom is -0.462 e. The highest BCUT2D eigenvalue weighted by Crippen LogP contribution is 2.52. The summed E-state index contributed by atoms with van der Waals surface area (Å²) in [5.41, 5.74) is 1.22. The fourth-order valence-corrected chi connectivity index (χ4v) is 3.53. The largest absolute Gasteiger partial charge is 0.462 e. The molecule has 2 aliphatic rings. The first-order chi connectivity index (χ1) is 8.78. The molecular weight excluding hydrogens is 224 g/mol. The molecule has 2 aromatic carbocycles. The van der Waals surface area contributed by atoms with E-state index in [0.717, 1.165) is 25.0 Å². The molecule has 2 heteroatoms. The first kappa shape index (κ1) is 10.4. The Hall–Kier alpha value is -1.54. The van der Waals surface area contributed by atoms with Crippen LogP contribution in [0.2, 0.25) is 0 Å².